The van der Waals surface area contributed by atoms with Crippen molar-refractivity contribution in [2.75, 3.05) is 6.54 Å². The maximum Gasteiger partial charge on any atom is 0.306 e. The van der Waals surface area contributed by atoms with Crippen LogP contribution in [0.1, 0.15) is 45.5 Å². The second-order valence-corrected chi connectivity index (χ2v) is 11.8. The standard InChI is InChI=1S/C36H36ClN7O5/c1-22-26(5-3-6-30(22)31-7-4-8-33(23(31)2)44-19-28(14-39)42-43-44)21-49-35-12-34(48-20-25-9-24(13-38)15-40-16-25)27(10-32(35)37)17-41-18-29(45)11-36(46)47/h3-10,12,15-16,19,29,41,45H,11,14,17-18,20-21,39H2,1-2H3,(H,46,47)/t29-/m0/s1. The Hall–Kier alpha value is -5.32. The summed E-state index contributed by atoms with van der Waals surface area (Å²) in [5.41, 5.74) is 14.3. The molecule has 49 heavy (non-hydrogen) atoms. The highest BCUT2D eigenvalue weighted by atomic mass is 35.5. The smallest absolute Gasteiger partial charge is 0.306 e. The number of benzene rings is 3. The van der Waals surface area contributed by atoms with Crippen LogP contribution in [0.25, 0.3) is 16.8 Å². The number of aliphatic hydroxyl groups excluding tert-OH is 1. The Morgan fingerprint density at radius 2 is 1.80 bits per heavy atom. The van der Waals surface area contributed by atoms with Crippen molar-refractivity contribution in [1.29, 1.82) is 5.26 Å². The highest BCUT2D eigenvalue weighted by Gasteiger charge is 2.17. The third kappa shape index (κ3) is 8.78. The number of hydrogen-bond acceptors (Lipinski definition) is 10. The van der Waals surface area contributed by atoms with Gasteiger partial charge in [-0.1, -0.05) is 47.1 Å². The van der Waals surface area contributed by atoms with Gasteiger partial charge in [-0.15, -0.1) is 5.10 Å². The Morgan fingerprint density at radius 3 is 2.53 bits per heavy atom. The van der Waals surface area contributed by atoms with Crippen LogP contribution in [-0.4, -0.2) is 48.8 Å². The van der Waals surface area contributed by atoms with E-state index in [1.165, 1.54) is 6.20 Å². The van der Waals surface area contributed by atoms with Gasteiger partial charge in [-0.05, 0) is 59.9 Å². The summed E-state index contributed by atoms with van der Waals surface area (Å²) in [5.74, 6) is -0.223. The number of carbonyl (C=O) groups is 1. The molecule has 12 nitrogen and oxygen atoms in total. The lowest BCUT2D eigenvalue weighted by Crippen LogP contribution is -2.28. The summed E-state index contributed by atoms with van der Waals surface area (Å²) in [6.45, 7) is 5.06. The van der Waals surface area contributed by atoms with Gasteiger partial charge in [-0.25, -0.2) is 4.68 Å². The molecule has 0 aliphatic carbocycles. The number of rotatable bonds is 15. The first-order valence-corrected chi connectivity index (χ1v) is 15.9. The van der Waals surface area contributed by atoms with Gasteiger partial charge in [0.05, 0.1) is 40.7 Å². The Morgan fingerprint density at radius 1 is 1.04 bits per heavy atom. The number of halogens is 1. The number of nitrogens with zero attached hydrogens (tertiary/aromatic N) is 5. The van der Waals surface area contributed by atoms with Crippen LogP contribution in [0.15, 0.2) is 73.2 Å². The minimum atomic E-state index is -1.09. The summed E-state index contributed by atoms with van der Waals surface area (Å²) in [5, 5.41) is 40.0. The van der Waals surface area contributed by atoms with Crippen LogP contribution < -0.4 is 20.5 Å². The number of aromatic nitrogens is 4. The number of ether oxygens (including phenoxy) is 2. The van der Waals surface area contributed by atoms with Crippen LogP contribution in [0, 0.1) is 25.2 Å². The number of nitrogens with two attached hydrogens (primary N) is 1. The van der Waals surface area contributed by atoms with Crippen molar-refractivity contribution >= 4 is 17.6 Å². The summed E-state index contributed by atoms with van der Waals surface area (Å²) >= 11 is 6.71. The summed E-state index contributed by atoms with van der Waals surface area (Å²) in [7, 11) is 0. The zero-order chi connectivity index (χ0) is 34.9. The van der Waals surface area contributed by atoms with Crippen molar-refractivity contribution in [2.45, 2.75) is 52.7 Å². The van der Waals surface area contributed by atoms with E-state index < -0.39 is 12.1 Å². The Balaban J connectivity index is 1.37. The number of pyridine rings is 1. The van der Waals surface area contributed by atoms with Crippen molar-refractivity contribution in [3.8, 4) is 34.4 Å². The van der Waals surface area contributed by atoms with E-state index in [0.29, 0.717) is 45.5 Å². The van der Waals surface area contributed by atoms with Gasteiger partial charge >= 0.3 is 5.97 Å². The highest BCUT2D eigenvalue weighted by Crippen LogP contribution is 2.36. The number of aliphatic carboxylic acids is 1. The van der Waals surface area contributed by atoms with E-state index in [1.807, 2.05) is 37.4 Å². The van der Waals surface area contributed by atoms with Crippen molar-refractivity contribution in [1.82, 2.24) is 25.3 Å². The average molecular weight is 682 g/mol. The predicted molar refractivity (Wildman–Crippen MR) is 183 cm³/mol. The van der Waals surface area contributed by atoms with E-state index in [1.54, 1.807) is 29.1 Å². The van der Waals surface area contributed by atoms with Crippen LogP contribution in [0.4, 0.5) is 0 Å². The number of aliphatic hydroxyl groups is 1. The largest absolute Gasteiger partial charge is 0.488 e. The van der Waals surface area contributed by atoms with Gasteiger partial charge in [0.2, 0.25) is 0 Å². The number of nitriles is 1. The molecule has 0 saturated heterocycles. The summed E-state index contributed by atoms with van der Waals surface area (Å²) < 4.78 is 14.2. The van der Waals surface area contributed by atoms with Crippen LogP contribution in [0.3, 0.4) is 0 Å². The second-order valence-electron chi connectivity index (χ2n) is 11.4. The quantitative estimate of drug-likeness (QED) is 0.117. The fraction of sp³-hybridized carbons (Fsp3) is 0.250. The maximum atomic E-state index is 10.9. The molecular formula is C36H36ClN7O5. The maximum absolute atomic E-state index is 10.9. The van der Waals surface area contributed by atoms with Crippen molar-refractivity contribution in [3.63, 3.8) is 0 Å². The molecule has 0 aliphatic heterocycles. The first kappa shape index (κ1) is 35.0. The van der Waals surface area contributed by atoms with E-state index >= 15 is 0 Å². The fourth-order valence-electron chi connectivity index (χ4n) is 5.36. The number of carboxylic acid groups (broad SMARTS) is 1. The lowest BCUT2D eigenvalue weighted by molar-refractivity contribution is -0.139. The molecule has 5 rings (SSSR count). The van der Waals surface area contributed by atoms with Gasteiger partial charge < -0.3 is 30.7 Å². The first-order chi connectivity index (χ1) is 23.7. The van der Waals surface area contributed by atoms with Gasteiger partial charge in [0.25, 0.3) is 0 Å². The Kier molecular flexibility index (Phi) is 11.6. The van der Waals surface area contributed by atoms with Gasteiger partial charge in [0.1, 0.15) is 30.8 Å². The molecule has 13 heteroatoms. The molecule has 3 aromatic carbocycles. The van der Waals surface area contributed by atoms with Crippen molar-refractivity contribution in [3.05, 3.63) is 117 Å². The molecule has 5 aromatic rings. The van der Waals surface area contributed by atoms with Gasteiger partial charge in [0.15, 0.2) is 0 Å². The van der Waals surface area contributed by atoms with Gasteiger partial charge in [0, 0.05) is 49.2 Å². The molecule has 0 spiro atoms. The van der Waals surface area contributed by atoms with Crippen molar-refractivity contribution in [2.24, 2.45) is 5.73 Å². The number of carboxylic acids is 1. The third-order valence-electron chi connectivity index (χ3n) is 7.96. The molecule has 0 amide bonds. The van der Waals surface area contributed by atoms with E-state index in [4.69, 9.17) is 31.9 Å². The molecule has 5 N–H and O–H groups in total. The van der Waals surface area contributed by atoms with Gasteiger partial charge in [-0.2, -0.15) is 5.26 Å². The summed E-state index contributed by atoms with van der Waals surface area (Å²) in [6.07, 6.45) is 3.48. The molecular weight excluding hydrogens is 646 g/mol. The van der Waals surface area contributed by atoms with E-state index in [0.717, 1.165) is 33.5 Å². The molecule has 2 aromatic heterocycles. The first-order valence-electron chi connectivity index (χ1n) is 15.5. The second kappa shape index (κ2) is 16.2. The molecule has 252 valence electrons. The lowest BCUT2D eigenvalue weighted by Gasteiger charge is -2.18. The van der Waals surface area contributed by atoms with E-state index in [9.17, 15) is 15.2 Å². The molecule has 0 fully saturated rings. The number of hydrogen-bond donors (Lipinski definition) is 4. The predicted octanol–water partition coefficient (Wildman–Crippen LogP) is 5.01. The molecule has 0 bridgehead atoms. The minimum Gasteiger partial charge on any atom is -0.488 e. The molecule has 0 unspecified atom stereocenters. The van der Waals surface area contributed by atoms with Crippen LogP contribution in [0.2, 0.25) is 5.02 Å². The van der Waals surface area contributed by atoms with E-state index in [-0.39, 0.29) is 32.7 Å². The Bertz CT molecular complexity index is 1990. The molecule has 1 atom stereocenters. The topological polar surface area (TPSA) is 181 Å². The summed E-state index contributed by atoms with van der Waals surface area (Å²) in [6, 6.07) is 19.3. The summed E-state index contributed by atoms with van der Waals surface area (Å²) in [4.78, 5) is 15.0. The molecule has 0 radical (unpaired) electrons. The van der Waals surface area contributed by atoms with Crippen LogP contribution in [-0.2, 0) is 31.1 Å². The van der Waals surface area contributed by atoms with Gasteiger partial charge in [-0.3, -0.25) is 9.78 Å². The van der Waals surface area contributed by atoms with Crippen molar-refractivity contribution < 1.29 is 24.5 Å². The lowest BCUT2D eigenvalue weighted by atomic mass is 9.93. The monoisotopic (exact) mass is 681 g/mol. The Labute approximate surface area is 288 Å². The average Bonchev–Trinajstić information content (AvgIpc) is 3.57. The SMILES string of the molecule is Cc1c(COc2cc(OCc3cncc(C#N)c3)c(CNC[C@@H](O)CC(=O)O)cc2Cl)cccc1-c1cccc(-n2cc(CN)nn2)c1C. The molecule has 0 aliphatic rings. The third-order valence-corrected chi connectivity index (χ3v) is 8.26. The van der Waals surface area contributed by atoms with E-state index in [2.05, 4.69) is 45.7 Å². The molecule has 2 heterocycles. The van der Waals surface area contributed by atoms with Crippen LogP contribution in [0.5, 0.6) is 11.5 Å². The highest BCUT2D eigenvalue weighted by molar-refractivity contribution is 6.32. The zero-order valence-electron chi connectivity index (χ0n) is 27.1. The number of nitrogens with one attached hydrogen (secondary N) is 1. The fourth-order valence-corrected chi connectivity index (χ4v) is 5.60. The normalized spacial score (nSPS) is 11.6. The van der Waals surface area contributed by atoms with Crippen LogP contribution >= 0.6 is 11.6 Å². The molecule has 0 saturated carbocycles. The minimum absolute atomic E-state index is 0.0569. The zero-order valence-corrected chi connectivity index (χ0v) is 27.8.